The fourth-order valence-corrected chi connectivity index (χ4v) is 5.55. The summed E-state index contributed by atoms with van der Waals surface area (Å²) in [6, 6.07) is 18.1. The second-order valence-corrected chi connectivity index (χ2v) is 9.28. The maximum absolute atomic E-state index is 15.2. The number of benzene rings is 3. The number of hydrogen-bond acceptors (Lipinski definition) is 1. The largest absolute Gasteiger partial charge is 0.358 e. The van der Waals surface area contributed by atoms with Crippen molar-refractivity contribution in [3.63, 3.8) is 0 Å². The number of aryl methyl sites for hydroxylation is 2. The van der Waals surface area contributed by atoms with Gasteiger partial charge in [-0.1, -0.05) is 24.3 Å². The van der Waals surface area contributed by atoms with Crippen molar-refractivity contribution in [3.05, 3.63) is 100 Å². The second-order valence-electron chi connectivity index (χ2n) is 9.28. The van der Waals surface area contributed by atoms with Gasteiger partial charge >= 0.3 is 0 Å². The van der Waals surface area contributed by atoms with E-state index in [9.17, 15) is 4.39 Å². The summed E-state index contributed by atoms with van der Waals surface area (Å²) in [6.07, 6.45) is 2.23. The van der Waals surface area contributed by atoms with Crippen molar-refractivity contribution in [3.8, 4) is 0 Å². The summed E-state index contributed by atoms with van der Waals surface area (Å²) in [5.74, 6) is -0.793. The number of H-pyrrole nitrogens is 1. The van der Waals surface area contributed by atoms with Crippen molar-refractivity contribution in [2.75, 3.05) is 11.4 Å². The standard InChI is InChI=1S/C27H24F2N2/c1-16-11-17(2)13-19(12-16)31-15-27(9-10-27)24-20-5-3-4-6-23(20)30-25(24)26(31)21-14-18(28)7-8-22(21)29/h3-8,11-14,26,30H,9-10,15H2,1-2H3. The average molecular weight is 414 g/mol. The number of para-hydroxylation sites is 1. The molecule has 1 atom stereocenters. The van der Waals surface area contributed by atoms with E-state index in [0.717, 1.165) is 36.3 Å². The number of fused-ring (bicyclic) bond motifs is 4. The summed E-state index contributed by atoms with van der Waals surface area (Å²) >= 11 is 0. The fourth-order valence-electron chi connectivity index (χ4n) is 5.55. The smallest absolute Gasteiger partial charge is 0.129 e. The Labute approximate surface area is 180 Å². The van der Waals surface area contributed by atoms with Gasteiger partial charge in [-0.05, 0) is 79.8 Å². The van der Waals surface area contributed by atoms with E-state index in [0.29, 0.717) is 5.56 Å². The molecule has 0 saturated heterocycles. The molecule has 2 heterocycles. The topological polar surface area (TPSA) is 19.0 Å². The zero-order valence-electron chi connectivity index (χ0n) is 17.7. The third kappa shape index (κ3) is 2.81. The lowest BCUT2D eigenvalue weighted by molar-refractivity contribution is 0.516. The van der Waals surface area contributed by atoms with Crippen LogP contribution in [0.25, 0.3) is 10.9 Å². The van der Waals surface area contributed by atoms with Crippen LogP contribution >= 0.6 is 0 Å². The van der Waals surface area contributed by atoms with Gasteiger partial charge in [-0.25, -0.2) is 8.78 Å². The number of rotatable bonds is 2. The van der Waals surface area contributed by atoms with Crippen molar-refractivity contribution >= 4 is 16.6 Å². The summed E-state index contributed by atoms with van der Waals surface area (Å²) in [5.41, 5.74) is 7.17. The van der Waals surface area contributed by atoms with Crippen LogP contribution in [0.5, 0.6) is 0 Å². The molecule has 0 amide bonds. The number of nitrogens with zero attached hydrogens (tertiary/aromatic N) is 1. The summed E-state index contributed by atoms with van der Waals surface area (Å²) in [6.45, 7) is 4.96. The van der Waals surface area contributed by atoms with Gasteiger partial charge in [0, 0.05) is 39.8 Å². The Morgan fingerprint density at radius 3 is 2.42 bits per heavy atom. The highest BCUT2D eigenvalue weighted by Gasteiger charge is 2.54. The van der Waals surface area contributed by atoms with Gasteiger partial charge in [0.2, 0.25) is 0 Å². The summed E-state index contributed by atoms with van der Waals surface area (Å²) in [4.78, 5) is 5.89. The minimum atomic E-state index is -0.416. The van der Waals surface area contributed by atoms with Gasteiger partial charge in [0.1, 0.15) is 11.6 Å². The molecule has 1 saturated carbocycles. The Morgan fingerprint density at radius 2 is 1.68 bits per heavy atom. The van der Waals surface area contributed by atoms with Gasteiger partial charge in [-0.3, -0.25) is 0 Å². The van der Waals surface area contributed by atoms with Gasteiger partial charge in [0.25, 0.3) is 0 Å². The number of halogens is 2. The Hall–Kier alpha value is -3.14. The summed E-state index contributed by atoms with van der Waals surface area (Å²) < 4.78 is 29.5. The number of hydrogen-bond donors (Lipinski definition) is 1. The van der Waals surface area contributed by atoms with E-state index >= 15 is 4.39 Å². The number of aromatic nitrogens is 1. The second kappa shape index (κ2) is 6.43. The molecule has 4 aromatic rings. The van der Waals surface area contributed by atoms with Gasteiger partial charge in [0.15, 0.2) is 0 Å². The van der Waals surface area contributed by atoms with Gasteiger partial charge < -0.3 is 9.88 Å². The van der Waals surface area contributed by atoms with E-state index in [2.05, 4.69) is 60.1 Å². The van der Waals surface area contributed by atoms with Gasteiger partial charge in [0.05, 0.1) is 6.04 Å². The van der Waals surface area contributed by atoms with Crippen LogP contribution in [0.1, 0.15) is 46.8 Å². The third-order valence-corrected chi connectivity index (χ3v) is 6.97. The summed E-state index contributed by atoms with van der Waals surface area (Å²) in [5, 5.41) is 1.21. The quantitative estimate of drug-likeness (QED) is 0.386. The first-order chi connectivity index (χ1) is 14.9. The third-order valence-electron chi connectivity index (χ3n) is 6.97. The van der Waals surface area contributed by atoms with Crippen LogP contribution in [0.2, 0.25) is 0 Å². The molecule has 1 fully saturated rings. The van der Waals surface area contributed by atoms with E-state index in [1.807, 2.05) is 6.07 Å². The van der Waals surface area contributed by atoms with Crippen LogP contribution < -0.4 is 4.90 Å². The zero-order valence-corrected chi connectivity index (χ0v) is 17.7. The highest BCUT2D eigenvalue weighted by atomic mass is 19.1. The van der Waals surface area contributed by atoms with E-state index in [1.165, 1.54) is 40.3 Å². The zero-order chi connectivity index (χ0) is 21.3. The predicted octanol–water partition coefficient (Wildman–Crippen LogP) is 6.70. The first-order valence-corrected chi connectivity index (χ1v) is 10.9. The van der Waals surface area contributed by atoms with Crippen molar-refractivity contribution in [2.45, 2.75) is 38.1 Å². The Morgan fingerprint density at radius 1 is 0.935 bits per heavy atom. The minimum Gasteiger partial charge on any atom is -0.358 e. The lowest BCUT2D eigenvalue weighted by atomic mass is 9.82. The molecule has 2 aliphatic rings. The van der Waals surface area contributed by atoms with Crippen LogP contribution in [0.4, 0.5) is 14.5 Å². The molecule has 1 N–H and O–H groups in total. The van der Waals surface area contributed by atoms with Crippen molar-refractivity contribution in [2.24, 2.45) is 0 Å². The van der Waals surface area contributed by atoms with Crippen molar-refractivity contribution in [1.82, 2.24) is 4.98 Å². The summed E-state index contributed by atoms with van der Waals surface area (Å²) in [7, 11) is 0. The average Bonchev–Trinajstić information content (AvgIpc) is 3.38. The molecule has 0 bridgehead atoms. The SMILES string of the molecule is Cc1cc(C)cc(N2CC3(CC3)c3c([nH]c4ccccc34)C2c2cc(F)ccc2F)c1. The maximum atomic E-state index is 15.2. The highest BCUT2D eigenvalue weighted by Crippen LogP contribution is 2.58. The number of aromatic amines is 1. The molecule has 0 radical (unpaired) electrons. The molecule has 3 aromatic carbocycles. The number of nitrogens with one attached hydrogen (secondary N) is 1. The predicted molar refractivity (Wildman–Crippen MR) is 121 cm³/mol. The Balaban J connectivity index is 1.66. The van der Waals surface area contributed by atoms with E-state index < -0.39 is 11.9 Å². The van der Waals surface area contributed by atoms with Crippen molar-refractivity contribution in [1.29, 1.82) is 0 Å². The molecule has 1 aliphatic heterocycles. The molecule has 1 aromatic heterocycles. The van der Waals surface area contributed by atoms with Gasteiger partial charge in [-0.15, -0.1) is 0 Å². The fraction of sp³-hybridized carbons (Fsp3) is 0.259. The lowest BCUT2D eigenvalue weighted by Gasteiger charge is -2.42. The van der Waals surface area contributed by atoms with Crippen molar-refractivity contribution < 1.29 is 8.78 Å². The monoisotopic (exact) mass is 414 g/mol. The van der Waals surface area contributed by atoms with Crippen LogP contribution in [-0.2, 0) is 5.41 Å². The molecule has 6 rings (SSSR count). The van der Waals surface area contributed by atoms with E-state index in [1.54, 1.807) is 0 Å². The van der Waals surface area contributed by atoms with E-state index in [4.69, 9.17) is 0 Å². The first kappa shape index (κ1) is 18.6. The number of anilines is 1. The maximum Gasteiger partial charge on any atom is 0.129 e. The van der Waals surface area contributed by atoms with Crippen LogP contribution in [0.3, 0.4) is 0 Å². The molecule has 1 aliphatic carbocycles. The molecular formula is C27H24F2N2. The molecule has 1 unspecified atom stereocenters. The normalized spacial score (nSPS) is 19.1. The first-order valence-electron chi connectivity index (χ1n) is 10.9. The van der Waals surface area contributed by atoms with Crippen LogP contribution in [0.15, 0.2) is 60.7 Å². The highest BCUT2D eigenvalue weighted by molar-refractivity contribution is 5.88. The van der Waals surface area contributed by atoms with Gasteiger partial charge in [-0.2, -0.15) is 0 Å². The lowest BCUT2D eigenvalue weighted by Crippen LogP contribution is -2.42. The molecular weight excluding hydrogens is 390 g/mol. The molecule has 4 heteroatoms. The van der Waals surface area contributed by atoms with Crippen LogP contribution in [0, 0.1) is 25.5 Å². The van der Waals surface area contributed by atoms with Crippen LogP contribution in [-0.4, -0.2) is 11.5 Å². The molecule has 2 nitrogen and oxygen atoms in total. The minimum absolute atomic E-state index is 0.0624. The molecule has 31 heavy (non-hydrogen) atoms. The molecule has 1 spiro atoms. The van der Waals surface area contributed by atoms with E-state index in [-0.39, 0.29) is 11.2 Å². The Bertz CT molecular complexity index is 1310. The Kier molecular flexibility index (Phi) is 3.86. The molecule has 156 valence electrons.